The quantitative estimate of drug-likeness (QED) is 0.508. The van der Waals surface area contributed by atoms with Crippen molar-refractivity contribution >= 4 is 34.8 Å². The van der Waals surface area contributed by atoms with Gasteiger partial charge in [0, 0.05) is 32.5 Å². The van der Waals surface area contributed by atoms with Crippen molar-refractivity contribution in [2.75, 3.05) is 38.8 Å². The Hall–Kier alpha value is -2.37. The van der Waals surface area contributed by atoms with Crippen molar-refractivity contribution in [3.8, 4) is 11.8 Å². The van der Waals surface area contributed by atoms with E-state index in [4.69, 9.17) is 9.47 Å². The molecule has 0 unspecified atom stereocenters. The van der Waals surface area contributed by atoms with Crippen LogP contribution in [0.3, 0.4) is 0 Å². The summed E-state index contributed by atoms with van der Waals surface area (Å²) in [6.07, 6.45) is 1.87. The predicted octanol–water partition coefficient (Wildman–Crippen LogP) is 2.92. The number of esters is 1. The van der Waals surface area contributed by atoms with Gasteiger partial charge < -0.3 is 14.4 Å². The molecule has 1 atom stereocenters. The molecule has 0 N–H and O–H groups in total. The Morgan fingerprint density at radius 2 is 1.87 bits per heavy atom. The van der Waals surface area contributed by atoms with Crippen molar-refractivity contribution in [1.29, 1.82) is 0 Å². The minimum atomic E-state index is -0.868. The lowest BCUT2D eigenvalue weighted by Crippen LogP contribution is -2.52. The van der Waals surface area contributed by atoms with E-state index < -0.39 is 12.0 Å². The third-order valence-corrected chi connectivity index (χ3v) is 5.60. The number of nitrogens with zero attached hydrogens (tertiary/aromatic N) is 2. The predicted molar refractivity (Wildman–Crippen MR) is 117 cm³/mol. The summed E-state index contributed by atoms with van der Waals surface area (Å²) in [4.78, 5) is 42.3. The van der Waals surface area contributed by atoms with Crippen LogP contribution < -0.4 is 4.90 Å². The second-order valence-corrected chi connectivity index (χ2v) is 9.26. The number of ether oxygens (including phenoxy) is 2. The fourth-order valence-electron chi connectivity index (χ4n) is 3.23. The summed E-state index contributed by atoms with van der Waals surface area (Å²) in [5.41, 5.74) is 0.104. The van der Waals surface area contributed by atoms with Gasteiger partial charge in [-0.25, -0.2) is 4.79 Å². The van der Waals surface area contributed by atoms with E-state index in [1.165, 1.54) is 26.0 Å². The Labute approximate surface area is 182 Å². The van der Waals surface area contributed by atoms with E-state index in [2.05, 4.69) is 11.8 Å². The van der Waals surface area contributed by atoms with Gasteiger partial charge in [-0.2, -0.15) is 0 Å². The third kappa shape index (κ3) is 5.83. The number of hydrogen-bond acceptors (Lipinski definition) is 6. The highest BCUT2D eigenvalue weighted by molar-refractivity contribution is 7.15. The molecule has 0 radical (unpaired) electrons. The average molecular weight is 435 g/mol. The Bertz CT molecular complexity index is 853. The summed E-state index contributed by atoms with van der Waals surface area (Å²) >= 11 is 1.15. The molecule has 0 aromatic carbocycles. The first kappa shape index (κ1) is 23.9. The molecular weight excluding hydrogens is 404 g/mol. The van der Waals surface area contributed by atoms with E-state index in [0.717, 1.165) is 24.2 Å². The van der Waals surface area contributed by atoms with Gasteiger partial charge in [-0.1, -0.05) is 11.8 Å². The van der Waals surface area contributed by atoms with Crippen molar-refractivity contribution in [3.63, 3.8) is 0 Å². The Morgan fingerprint density at radius 1 is 1.23 bits per heavy atom. The number of likely N-dealkylation sites (tertiary alicyclic amines) is 1. The van der Waals surface area contributed by atoms with Crippen LogP contribution >= 0.6 is 11.3 Å². The fourth-order valence-corrected chi connectivity index (χ4v) is 4.15. The number of rotatable bonds is 6. The zero-order chi connectivity index (χ0) is 22.5. The van der Waals surface area contributed by atoms with E-state index in [1.807, 2.05) is 20.8 Å². The second-order valence-electron chi connectivity index (χ2n) is 8.21. The van der Waals surface area contributed by atoms with Gasteiger partial charge in [0.2, 0.25) is 11.8 Å². The van der Waals surface area contributed by atoms with E-state index >= 15 is 0 Å². The Kier molecular flexibility index (Phi) is 8.04. The summed E-state index contributed by atoms with van der Waals surface area (Å²) in [5.74, 6) is 5.08. The molecule has 0 bridgehead atoms. The van der Waals surface area contributed by atoms with Crippen molar-refractivity contribution < 1.29 is 23.9 Å². The number of thiophene rings is 1. The largest absolute Gasteiger partial charge is 0.465 e. The standard InChI is InChI=1S/C22H30N2O5S/c1-15(25)24(18(14-28-5)20(26)23-11-7-8-12-23)17-13-16(9-10-22(2,3)4)30-19(17)21(27)29-6/h13,18H,7-8,11-12,14H2,1-6H3/t18-/m0/s1. The molecule has 1 aliphatic rings. The van der Waals surface area contributed by atoms with Crippen LogP contribution in [0.2, 0.25) is 0 Å². The molecule has 7 nitrogen and oxygen atoms in total. The monoisotopic (exact) mass is 434 g/mol. The summed E-state index contributed by atoms with van der Waals surface area (Å²) in [6, 6.07) is 0.809. The number of carbonyl (C=O) groups is 3. The molecule has 30 heavy (non-hydrogen) atoms. The molecule has 0 aliphatic carbocycles. The highest BCUT2D eigenvalue weighted by Gasteiger charge is 2.36. The molecule has 1 saturated heterocycles. The van der Waals surface area contributed by atoms with Crippen LogP contribution in [0.15, 0.2) is 6.07 Å². The molecule has 1 fully saturated rings. The molecule has 2 amide bonds. The van der Waals surface area contributed by atoms with Crippen molar-refractivity contribution in [2.45, 2.75) is 46.6 Å². The van der Waals surface area contributed by atoms with Gasteiger partial charge in [-0.05, 0) is 39.7 Å². The minimum absolute atomic E-state index is 0.0222. The molecule has 2 heterocycles. The maximum atomic E-state index is 13.2. The van der Waals surface area contributed by atoms with Gasteiger partial charge in [0.05, 0.1) is 24.3 Å². The zero-order valence-electron chi connectivity index (χ0n) is 18.5. The fraction of sp³-hybridized carbons (Fsp3) is 0.591. The van der Waals surface area contributed by atoms with Gasteiger partial charge in [0.1, 0.15) is 10.9 Å². The van der Waals surface area contributed by atoms with E-state index in [9.17, 15) is 14.4 Å². The molecule has 164 valence electrons. The number of methoxy groups -OCH3 is 2. The summed E-state index contributed by atoms with van der Waals surface area (Å²) in [6.45, 7) is 8.66. The Morgan fingerprint density at radius 3 is 2.37 bits per heavy atom. The number of hydrogen-bond donors (Lipinski definition) is 0. The smallest absolute Gasteiger partial charge is 0.350 e. The Balaban J connectivity index is 2.55. The number of anilines is 1. The van der Waals surface area contributed by atoms with Crippen LogP contribution in [0.4, 0.5) is 5.69 Å². The van der Waals surface area contributed by atoms with Gasteiger partial charge in [0.15, 0.2) is 0 Å². The molecule has 1 aliphatic heterocycles. The molecule has 0 spiro atoms. The maximum Gasteiger partial charge on any atom is 0.350 e. The molecular formula is C22H30N2O5S. The number of amides is 2. The molecule has 2 rings (SSSR count). The lowest BCUT2D eigenvalue weighted by molar-refractivity contribution is -0.134. The normalized spacial score (nSPS) is 14.7. The first-order valence-corrected chi connectivity index (χ1v) is 10.7. The van der Waals surface area contributed by atoms with Crippen LogP contribution in [0, 0.1) is 17.3 Å². The van der Waals surface area contributed by atoms with Gasteiger partial charge in [-0.15, -0.1) is 11.3 Å². The van der Waals surface area contributed by atoms with E-state index in [1.54, 1.807) is 11.0 Å². The summed E-state index contributed by atoms with van der Waals surface area (Å²) < 4.78 is 10.2. The summed E-state index contributed by atoms with van der Waals surface area (Å²) in [5, 5.41) is 0. The van der Waals surface area contributed by atoms with E-state index in [-0.39, 0.29) is 28.7 Å². The van der Waals surface area contributed by atoms with E-state index in [0.29, 0.717) is 23.7 Å². The SMILES string of the molecule is COC[C@@H](C(=O)N1CCCC1)N(C(C)=O)c1cc(C#CC(C)(C)C)sc1C(=O)OC. The lowest BCUT2D eigenvalue weighted by Gasteiger charge is -2.32. The van der Waals surface area contributed by atoms with Crippen LogP contribution in [0.1, 0.15) is 55.1 Å². The van der Waals surface area contributed by atoms with Crippen molar-refractivity contribution in [3.05, 3.63) is 15.8 Å². The van der Waals surface area contributed by atoms with Crippen LogP contribution in [0.25, 0.3) is 0 Å². The van der Waals surface area contributed by atoms with Gasteiger partial charge in [-0.3, -0.25) is 14.5 Å². The summed E-state index contributed by atoms with van der Waals surface area (Å²) in [7, 11) is 2.77. The third-order valence-electron chi connectivity index (χ3n) is 4.58. The minimum Gasteiger partial charge on any atom is -0.465 e. The topological polar surface area (TPSA) is 76.2 Å². The molecule has 1 aromatic rings. The molecule has 0 saturated carbocycles. The first-order valence-electron chi connectivity index (χ1n) is 9.92. The van der Waals surface area contributed by atoms with Crippen LogP contribution in [0.5, 0.6) is 0 Å². The number of carbonyl (C=O) groups excluding carboxylic acids is 3. The first-order chi connectivity index (χ1) is 14.1. The van der Waals surface area contributed by atoms with Gasteiger partial charge >= 0.3 is 5.97 Å². The van der Waals surface area contributed by atoms with Crippen molar-refractivity contribution in [1.82, 2.24) is 4.90 Å². The second kappa shape index (κ2) is 10.1. The lowest BCUT2D eigenvalue weighted by atomic mass is 9.98. The molecule has 1 aromatic heterocycles. The average Bonchev–Trinajstić information content (AvgIpc) is 3.34. The zero-order valence-corrected chi connectivity index (χ0v) is 19.4. The van der Waals surface area contributed by atoms with Crippen LogP contribution in [-0.2, 0) is 19.1 Å². The van der Waals surface area contributed by atoms with Crippen molar-refractivity contribution in [2.24, 2.45) is 5.41 Å². The highest BCUT2D eigenvalue weighted by Crippen LogP contribution is 2.33. The highest BCUT2D eigenvalue weighted by atomic mass is 32.1. The molecule has 8 heteroatoms. The maximum absolute atomic E-state index is 13.2. The van der Waals surface area contributed by atoms with Crippen LogP contribution in [-0.4, -0.2) is 62.6 Å². The van der Waals surface area contributed by atoms with Gasteiger partial charge in [0.25, 0.3) is 0 Å².